The standard InChI is InChI=1S/C18H12FN3O4/c19-13-5-7-14(8-6-13)20-11-16-18(23)26-17(21-16)9-4-12-2-1-3-15(10-12)22(24)25/h1-11,23H/b9-4+,20-11?. The number of non-ortho nitro benzene ring substituents is 1. The van der Waals surface area contributed by atoms with Crippen molar-refractivity contribution in [3.05, 3.63) is 81.6 Å². The number of benzene rings is 2. The first-order chi connectivity index (χ1) is 12.5. The van der Waals surface area contributed by atoms with Gasteiger partial charge in [0.2, 0.25) is 5.89 Å². The Morgan fingerprint density at radius 2 is 1.96 bits per heavy atom. The maximum atomic E-state index is 12.8. The summed E-state index contributed by atoms with van der Waals surface area (Å²) in [6.45, 7) is 0. The van der Waals surface area contributed by atoms with Crippen LogP contribution in [0.1, 0.15) is 17.1 Å². The molecule has 0 radical (unpaired) electrons. The molecule has 0 unspecified atom stereocenters. The smallest absolute Gasteiger partial charge is 0.312 e. The lowest BCUT2D eigenvalue weighted by atomic mass is 10.2. The first-order valence-electron chi connectivity index (χ1n) is 7.43. The van der Waals surface area contributed by atoms with E-state index in [-0.39, 0.29) is 23.1 Å². The Morgan fingerprint density at radius 1 is 1.19 bits per heavy atom. The largest absolute Gasteiger partial charge is 0.479 e. The molecule has 0 atom stereocenters. The zero-order valence-corrected chi connectivity index (χ0v) is 13.2. The predicted octanol–water partition coefficient (Wildman–Crippen LogP) is 4.35. The van der Waals surface area contributed by atoms with Crippen molar-refractivity contribution in [1.29, 1.82) is 0 Å². The molecule has 0 aliphatic rings. The molecule has 3 aromatic rings. The Bertz CT molecular complexity index is 994. The van der Waals surface area contributed by atoms with Crippen LogP contribution in [0.15, 0.2) is 57.9 Å². The van der Waals surface area contributed by atoms with Crippen molar-refractivity contribution >= 4 is 29.7 Å². The van der Waals surface area contributed by atoms with Gasteiger partial charge in [-0.3, -0.25) is 15.1 Å². The fourth-order valence-electron chi connectivity index (χ4n) is 2.07. The molecule has 0 bridgehead atoms. The summed E-state index contributed by atoms with van der Waals surface area (Å²) in [5.41, 5.74) is 1.14. The first kappa shape index (κ1) is 17.0. The van der Waals surface area contributed by atoms with E-state index in [4.69, 9.17) is 4.42 Å². The monoisotopic (exact) mass is 353 g/mol. The molecule has 0 amide bonds. The molecule has 0 saturated carbocycles. The second-order valence-electron chi connectivity index (χ2n) is 5.16. The maximum absolute atomic E-state index is 12.8. The fraction of sp³-hybridized carbons (Fsp3) is 0. The number of halogens is 1. The van der Waals surface area contributed by atoms with E-state index in [0.717, 1.165) is 0 Å². The molecule has 1 heterocycles. The average molecular weight is 353 g/mol. The number of aromatic nitrogens is 1. The van der Waals surface area contributed by atoms with Crippen molar-refractivity contribution in [1.82, 2.24) is 4.98 Å². The third kappa shape index (κ3) is 4.18. The van der Waals surface area contributed by atoms with Gasteiger partial charge in [0, 0.05) is 18.2 Å². The quantitative estimate of drug-likeness (QED) is 0.417. The van der Waals surface area contributed by atoms with Crippen LogP contribution in [0.25, 0.3) is 12.2 Å². The van der Waals surface area contributed by atoms with Crippen LogP contribution >= 0.6 is 0 Å². The van der Waals surface area contributed by atoms with Gasteiger partial charge in [0.1, 0.15) is 5.82 Å². The van der Waals surface area contributed by atoms with Crippen molar-refractivity contribution in [2.75, 3.05) is 0 Å². The summed E-state index contributed by atoms with van der Waals surface area (Å²) in [6.07, 6.45) is 4.32. The summed E-state index contributed by atoms with van der Waals surface area (Å²) in [7, 11) is 0. The molecule has 7 nitrogen and oxygen atoms in total. The number of nitro benzene ring substituents is 1. The number of hydrogen-bond donors (Lipinski definition) is 1. The van der Waals surface area contributed by atoms with Gasteiger partial charge in [-0.25, -0.2) is 9.37 Å². The lowest BCUT2D eigenvalue weighted by Crippen LogP contribution is -1.87. The lowest BCUT2D eigenvalue weighted by Gasteiger charge is -1.93. The van der Waals surface area contributed by atoms with E-state index in [9.17, 15) is 19.6 Å². The molecule has 1 N–H and O–H groups in total. The molecule has 0 aliphatic carbocycles. The second-order valence-corrected chi connectivity index (χ2v) is 5.16. The minimum atomic E-state index is -0.488. The number of aromatic hydroxyl groups is 1. The highest BCUT2D eigenvalue weighted by atomic mass is 19.1. The normalized spacial score (nSPS) is 11.4. The van der Waals surface area contributed by atoms with Gasteiger partial charge in [-0.1, -0.05) is 12.1 Å². The van der Waals surface area contributed by atoms with Crippen molar-refractivity contribution in [3.63, 3.8) is 0 Å². The molecule has 26 heavy (non-hydrogen) atoms. The van der Waals surface area contributed by atoms with Gasteiger partial charge < -0.3 is 9.52 Å². The summed E-state index contributed by atoms with van der Waals surface area (Å²) in [6, 6.07) is 11.5. The Labute approximate surface area is 146 Å². The topological polar surface area (TPSA) is 102 Å². The highest BCUT2D eigenvalue weighted by Gasteiger charge is 2.09. The van der Waals surface area contributed by atoms with Gasteiger partial charge in [-0.05, 0) is 35.9 Å². The molecule has 0 aliphatic heterocycles. The second kappa shape index (κ2) is 7.39. The van der Waals surface area contributed by atoms with Crippen LogP contribution in [0.3, 0.4) is 0 Å². The number of aliphatic imine (C=N–C) groups is 1. The van der Waals surface area contributed by atoms with E-state index in [1.165, 1.54) is 48.7 Å². The van der Waals surface area contributed by atoms with Gasteiger partial charge >= 0.3 is 5.95 Å². The van der Waals surface area contributed by atoms with Gasteiger partial charge in [0.15, 0.2) is 5.69 Å². The van der Waals surface area contributed by atoms with Crippen LogP contribution < -0.4 is 0 Å². The van der Waals surface area contributed by atoms with Gasteiger partial charge in [0.05, 0.1) is 16.8 Å². The molecular weight excluding hydrogens is 341 g/mol. The third-order valence-corrected chi connectivity index (χ3v) is 3.31. The summed E-state index contributed by atoms with van der Waals surface area (Å²) >= 11 is 0. The number of rotatable bonds is 5. The van der Waals surface area contributed by atoms with E-state index in [1.807, 2.05) is 0 Å². The fourth-order valence-corrected chi connectivity index (χ4v) is 2.07. The highest BCUT2D eigenvalue weighted by molar-refractivity contribution is 5.82. The molecular formula is C18H12FN3O4. The summed E-state index contributed by atoms with van der Waals surface area (Å²) in [5.74, 6) is -0.689. The Morgan fingerprint density at radius 3 is 2.69 bits per heavy atom. The third-order valence-electron chi connectivity index (χ3n) is 3.31. The first-order valence-corrected chi connectivity index (χ1v) is 7.43. The van der Waals surface area contributed by atoms with E-state index in [0.29, 0.717) is 11.3 Å². The molecule has 8 heteroatoms. The lowest BCUT2D eigenvalue weighted by molar-refractivity contribution is -0.384. The van der Waals surface area contributed by atoms with Crippen molar-refractivity contribution in [2.24, 2.45) is 4.99 Å². The maximum Gasteiger partial charge on any atom is 0.312 e. The van der Waals surface area contributed by atoms with Crippen molar-refractivity contribution in [3.8, 4) is 5.95 Å². The molecule has 0 spiro atoms. The van der Waals surface area contributed by atoms with Gasteiger partial charge in [-0.2, -0.15) is 0 Å². The summed E-state index contributed by atoms with van der Waals surface area (Å²) < 4.78 is 17.9. The number of oxazole rings is 1. The van der Waals surface area contributed by atoms with E-state index < -0.39 is 10.9 Å². The molecule has 0 saturated heterocycles. The average Bonchev–Trinajstić information content (AvgIpc) is 2.99. The van der Waals surface area contributed by atoms with E-state index in [2.05, 4.69) is 9.98 Å². The predicted molar refractivity (Wildman–Crippen MR) is 93.8 cm³/mol. The molecule has 2 aromatic carbocycles. The number of hydrogen-bond acceptors (Lipinski definition) is 6. The number of nitro groups is 1. The van der Waals surface area contributed by atoms with Gasteiger partial charge in [0.25, 0.3) is 5.69 Å². The zero-order valence-electron chi connectivity index (χ0n) is 13.2. The van der Waals surface area contributed by atoms with Crippen LogP contribution in [0.2, 0.25) is 0 Å². The highest BCUT2D eigenvalue weighted by Crippen LogP contribution is 2.21. The molecule has 3 rings (SSSR count). The molecule has 0 fully saturated rings. The van der Waals surface area contributed by atoms with E-state index in [1.54, 1.807) is 18.2 Å². The van der Waals surface area contributed by atoms with Crippen LogP contribution in [0.5, 0.6) is 5.95 Å². The Hall–Kier alpha value is -3.81. The van der Waals surface area contributed by atoms with Crippen LogP contribution in [0.4, 0.5) is 15.8 Å². The Balaban J connectivity index is 1.76. The van der Waals surface area contributed by atoms with Crippen LogP contribution in [-0.4, -0.2) is 21.2 Å². The zero-order chi connectivity index (χ0) is 18.5. The van der Waals surface area contributed by atoms with Crippen molar-refractivity contribution in [2.45, 2.75) is 0 Å². The van der Waals surface area contributed by atoms with Gasteiger partial charge in [-0.15, -0.1) is 0 Å². The minimum Gasteiger partial charge on any atom is -0.479 e. The SMILES string of the molecule is O=[N+]([O-])c1cccc(/C=C/c2nc(C=Nc3ccc(F)cc3)c(O)o2)c1. The molecule has 1 aromatic heterocycles. The molecule has 130 valence electrons. The van der Waals surface area contributed by atoms with Crippen molar-refractivity contribution < 1.29 is 18.8 Å². The summed E-state index contributed by atoms with van der Waals surface area (Å²) in [4.78, 5) is 18.4. The van der Waals surface area contributed by atoms with E-state index >= 15 is 0 Å². The minimum absolute atomic E-state index is 0.0329. The van der Waals surface area contributed by atoms with Crippen LogP contribution in [-0.2, 0) is 0 Å². The Kier molecular flexibility index (Phi) is 4.84. The summed E-state index contributed by atoms with van der Waals surface area (Å²) in [5, 5.41) is 20.5. The van der Waals surface area contributed by atoms with Crippen LogP contribution in [0, 0.1) is 15.9 Å². The number of nitrogens with zero attached hydrogens (tertiary/aromatic N) is 3.